The number of benzene rings is 3. The third-order valence-corrected chi connectivity index (χ3v) is 5.97. The van der Waals surface area contributed by atoms with E-state index in [1.54, 1.807) is 6.07 Å². The lowest BCUT2D eigenvalue weighted by Gasteiger charge is -2.31. The van der Waals surface area contributed by atoms with Crippen molar-refractivity contribution in [2.24, 2.45) is 4.99 Å². The van der Waals surface area contributed by atoms with Gasteiger partial charge in [-0.05, 0) is 43.7 Å². The molecule has 1 aliphatic heterocycles. The van der Waals surface area contributed by atoms with Gasteiger partial charge in [0.25, 0.3) is 0 Å². The van der Waals surface area contributed by atoms with Crippen molar-refractivity contribution in [2.75, 3.05) is 13.2 Å². The number of phenolic OH excluding ortho intramolecular Hbond substituents is 1. The topological polar surface area (TPSA) is 63.1 Å². The van der Waals surface area contributed by atoms with Crippen LogP contribution >= 0.6 is 15.9 Å². The Morgan fingerprint density at radius 3 is 2.31 bits per heavy atom. The molecule has 0 bridgehead atoms. The number of phenols is 1. The summed E-state index contributed by atoms with van der Waals surface area (Å²) in [5.74, 6) is 1.46. The molecule has 0 unspecified atom stereocenters. The summed E-state index contributed by atoms with van der Waals surface area (Å²) in [4.78, 5) is 5.06. The van der Waals surface area contributed by atoms with Crippen LogP contribution in [0.1, 0.15) is 49.2 Å². The summed E-state index contributed by atoms with van der Waals surface area (Å²) in [6, 6.07) is 21.6. The molecule has 0 fully saturated rings. The van der Waals surface area contributed by atoms with E-state index in [-0.39, 0.29) is 18.0 Å². The number of aromatic hydroxyl groups is 1. The van der Waals surface area contributed by atoms with Gasteiger partial charge in [-0.15, -0.1) is 0 Å². The van der Waals surface area contributed by atoms with Crippen molar-refractivity contribution in [1.82, 2.24) is 5.32 Å². The van der Waals surface area contributed by atoms with Gasteiger partial charge in [-0.25, -0.2) is 0 Å². The molecule has 0 amide bonds. The summed E-state index contributed by atoms with van der Waals surface area (Å²) in [5.41, 5.74) is 3.78. The Bertz CT molecular complexity index is 1100. The second kappa shape index (κ2) is 10.2. The molecule has 0 saturated heterocycles. The normalized spacial score (nSPS) is 18.2. The smallest absolute Gasteiger partial charge is 0.162 e. The number of aliphatic imine (C=N–C) groups is 1. The Kier molecular flexibility index (Phi) is 7.12. The monoisotopic (exact) mass is 494 g/mol. The van der Waals surface area contributed by atoms with Crippen LogP contribution < -0.4 is 14.8 Å². The maximum absolute atomic E-state index is 10.9. The molecule has 3 aromatic carbocycles. The number of para-hydroxylation sites is 2. The first-order valence-corrected chi connectivity index (χ1v) is 11.6. The Labute approximate surface area is 197 Å². The molecule has 3 aromatic rings. The number of nitrogens with one attached hydrogen (secondary N) is 1. The van der Waals surface area contributed by atoms with Crippen LogP contribution in [0.4, 0.5) is 0 Å². The molecule has 166 valence electrons. The lowest BCUT2D eigenvalue weighted by Crippen LogP contribution is -2.33. The molecule has 1 heterocycles. The summed E-state index contributed by atoms with van der Waals surface area (Å²) in [6.07, 6.45) is 0.322. The molecule has 0 aliphatic carbocycles. The number of ether oxygens (including phenoxy) is 2. The van der Waals surface area contributed by atoms with Gasteiger partial charge in [0.15, 0.2) is 11.5 Å². The fourth-order valence-corrected chi connectivity index (χ4v) is 4.23. The third kappa shape index (κ3) is 4.81. The third-order valence-electron chi connectivity index (χ3n) is 5.44. The zero-order valence-electron chi connectivity index (χ0n) is 18.2. The highest BCUT2D eigenvalue weighted by Crippen LogP contribution is 2.40. The first-order chi connectivity index (χ1) is 15.6. The van der Waals surface area contributed by atoms with E-state index in [0.29, 0.717) is 25.4 Å². The Balaban J connectivity index is 1.77. The summed E-state index contributed by atoms with van der Waals surface area (Å²) < 4.78 is 12.5. The SMILES string of the molecule is CCOc1ccccc1[C@H]1N=C(c2ccc(Br)cc2)C[C@H](c2cccc(OCC)c2O)N1. The average Bonchev–Trinajstić information content (AvgIpc) is 2.81. The number of halogens is 1. The summed E-state index contributed by atoms with van der Waals surface area (Å²) in [6.45, 7) is 4.95. The summed E-state index contributed by atoms with van der Waals surface area (Å²) >= 11 is 3.51. The molecule has 0 spiro atoms. The van der Waals surface area contributed by atoms with Gasteiger partial charge in [-0.1, -0.05) is 58.4 Å². The van der Waals surface area contributed by atoms with Crippen LogP contribution in [0.3, 0.4) is 0 Å². The lowest BCUT2D eigenvalue weighted by atomic mass is 9.93. The van der Waals surface area contributed by atoms with Gasteiger partial charge in [0.1, 0.15) is 11.9 Å². The number of hydrogen-bond acceptors (Lipinski definition) is 5. The fourth-order valence-electron chi connectivity index (χ4n) is 3.97. The Hall–Kier alpha value is -2.83. The lowest BCUT2D eigenvalue weighted by molar-refractivity contribution is 0.311. The molecule has 0 radical (unpaired) electrons. The molecule has 5 nitrogen and oxygen atoms in total. The molecule has 2 N–H and O–H groups in total. The Morgan fingerprint density at radius 1 is 0.906 bits per heavy atom. The molecule has 1 aliphatic rings. The Morgan fingerprint density at radius 2 is 1.56 bits per heavy atom. The maximum atomic E-state index is 10.9. The highest BCUT2D eigenvalue weighted by Gasteiger charge is 2.29. The zero-order valence-corrected chi connectivity index (χ0v) is 19.8. The standard InChI is InChI=1S/C26H27BrN2O3/c1-3-31-23-10-6-5-8-20(23)26-28-21(17-12-14-18(27)15-13-17)16-22(29-26)19-9-7-11-24(25(19)30)32-4-2/h5-15,22,26,29-30H,3-4,16H2,1-2H3/t22-,26+/m1/s1. The highest BCUT2D eigenvalue weighted by atomic mass is 79.9. The van der Waals surface area contributed by atoms with E-state index in [2.05, 4.69) is 33.4 Å². The van der Waals surface area contributed by atoms with Crippen molar-refractivity contribution in [2.45, 2.75) is 32.5 Å². The van der Waals surface area contributed by atoms with Crippen molar-refractivity contribution in [3.05, 3.63) is 87.9 Å². The minimum Gasteiger partial charge on any atom is -0.504 e. The summed E-state index contributed by atoms with van der Waals surface area (Å²) in [5, 5.41) is 14.5. The van der Waals surface area contributed by atoms with E-state index in [0.717, 1.165) is 32.6 Å². The molecule has 4 rings (SSSR count). The molecule has 0 saturated carbocycles. The van der Waals surface area contributed by atoms with E-state index in [1.807, 2.05) is 62.4 Å². The van der Waals surface area contributed by atoms with E-state index < -0.39 is 0 Å². The fraction of sp³-hybridized carbons (Fsp3) is 0.269. The van der Waals surface area contributed by atoms with Gasteiger partial charge < -0.3 is 14.6 Å². The molecular weight excluding hydrogens is 468 g/mol. The number of nitrogens with zero attached hydrogens (tertiary/aromatic N) is 1. The van der Waals surface area contributed by atoms with E-state index in [4.69, 9.17) is 14.5 Å². The largest absolute Gasteiger partial charge is 0.504 e. The van der Waals surface area contributed by atoms with Crippen molar-refractivity contribution in [3.63, 3.8) is 0 Å². The zero-order chi connectivity index (χ0) is 22.5. The van der Waals surface area contributed by atoms with Gasteiger partial charge in [0.05, 0.1) is 13.2 Å². The second-order valence-corrected chi connectivity index (χ2v) is 8.42. The van der Waals surface area contributed by atoms with Gasteiger partial charge >= 0.3 is 0 Å². The van der Waals surface area contributed by atoms with Gasteiger partial charge in [0.2, 0.25) is 0 Å². The van der Waals surface area contributed by atoms with Crippen molar-refractivity contribution >= 4 is 21.6 Å². The van der Waals surface area contributed by atoms with E-state index in [9.17, 15) is 5.11 Å². The number of hydrogen-bond donors (Lipinski definition) is 2. The molecule has 0 aromatic heterocycles. The first-order valence-electron chi connectivity index (χ1n) is 10.9. The summed E-state index contributed by atoms with van der Waals surface area (Å²) in [7, 11) is 0. The van der Waals surface area contributed by atoms with Crippen molar-refractivity contribution in [1.29, 1.82) is 0 Å². The van der Waals surface area contributed by atoms with Gasteiger partial charge in [-0.2, -0.15) is 0 Å². The minimum atomic E-state index is -0.315. The minimum absolute atomic E-state index is 0.147. The molecular formula is C26H27BrN2O3. The number of rotatable bonds is 7. The molecule has 2 atom stereocenters. The van der Waals surface area contributed by atoms with Crippen LogP contribution in [-0.2, 0) is 0 Å². The second-order valence-electron chi connectivity index (χ2n) is 7.51. The predicted octanol–water partition coefficient (Wildman–Crippen LogP) is 6.17. The van der Waals surface area contributed by atoms with Crippen molar-refractivity contribution < 1.29 is 14.6 Å². The van der Waals surface area contributed by atoms with Crippen LogP contribution in [0.5, 0.6) is 17.2 Å². The first kappa shape index (κ1) is 22.4. The highest BCUT2D eigenvalue weighted by molar-refractivity contribution is 9.10. The van der Waals surface area contributed by atoms with Crippen molar-refractivity contribution in [3.8, 4) is 17.2 Å². The van der Waals surface area contributed by atoms with Crippen LogP contribution in [-0.4, -0.2) is 24.0 Å². The average molecular weight is 495 g/mol. The van der Waals surface area contributed by atoms with Gasteiger partial charge in [-0.3, -0.25) is 10.3 Å². The maximum Gasteiger partial charge on any atom is 0.162 e. The van der Waals surface area contributed by atoms with Crippen LogP contribution in [0, 0.1) is 0 Å². The van der Waals surface area contributed by atoms with E-state index in [1.165, 1.54) is 0 Å². The quantitative estimate of drug-likeness (QED) is 0.411. The molecule has 6 heteroatoms. The van der Waals surface area contributed by atoms with Gasteiger partial charge in [0, 0.05) is 33.8 Å². The van der Waals surface area contributed by atoms with Crippen LogP contribution in [0.25, 0.3) is 0 Å². The predicted molar refractivity (Wildman–Crippen MR) is 131 cm³/mol. The molecule has 32 heavy (non-hydrogen) atoms. The van der Waals surface area contributed by atoms with Crippen LogP contribution in [0.15, 0.2) is 76.2 Å². The van der Waals surface area contributed by atoms with E-state index >= 15 is 0 Å². The van der Waals surface area contributed by atoms with Crippen LogP contribution in [0.2, 0.25) is 0 Å².